The number of Topliss-reactive ketones (excluding diaryl/α,β-unsaturated/α-hetero) is 1. The van der Waals surface area contributed by atoms with Crippen molar-refractivity contribution in [2.24, 2.45) is 11.8 Å². The van der Waals surface area contributed by atoms with Gasteiger partial charge in [-0.3, -0.25) is 19.3 Å². The molecule has 1 aliphatic heterocycles. The van der Waals surface area contributed by atoms with E-state index in [9.17, 15) is 19.2 Å². The molecule has 36 heavy (non-hydrogen) atoms. The molecule has 3 aromatic rings. The van der Waals surface area contributed by atoms with Crippen LogP contribution in [0.4, 0.5) is 5.69 Å². The van der Waals surface area contributed by atoms with E-state index >= 15 is 0 Å². The molecule has 1 saturated carbocycles. The van der Waals surface area contributed by atoms with Crippen LogP contribution < -0.4 is 4.90 Å². The van der Waals surface area contributed by atoms with E-state index in [4.69, 9.17) is 4.74 Å². The van der Waals surface area contributed by atoms with Gasteiger partial charge in [0.1, 0.15) is 0 Å². The summed E-state index contributed by atoms with van der Waals surface area (Å²) in [6.07, 6.45) is 1.28. The molecule has 3 aromatic carbocycles. The number of esters is 1. The second-order valence-corrected chi connectivity index (χ2v) is 9.47. The first-order valence-corrected chi connectivity index (χ1v) is 12.3. The summed E-state index contributed by atoms with van der Waals surface area (Å²) in [6, 6.07) is 25.0. The summed E-state index contributed by atoms with van der Waals surface area (Å²) in [5.74, 6) is -1.64. The highest BCUT2D eigenvalue weighted by Gasteiger charge is 2.50. The monoisotopic (exact) mass is 481 g/mol. The van der Waals surface area contributed by atoms with Gasteiger partial charge >= 0.3 is 5.97 Å². The molecule has 2 amide bonds. The van der Waals surface area contributed by atoms with Crippen LogP contribution in [0.1, 0.15) is 58.4 Å². The van der Waals surface area contributed by atoms with Crippen molar-refractivity contribution < 1.29 is 23.9 Å². The van der Waals surface area contributed by atoms with Gasteiger partial charge in [-0.25, -0.2) is 4.79 Å². The number of hydrogen-bond donors (Lipinski definition) is 0. The lowest BCUT2D eigenvalue weighted by Gasteiger charge is -2.28. The van der Waals surface area contributed by atoms with Gasteiger partial charge in [-0.05, 0) is 61.9 Å². The van der Waals surface area contributed by atoms with E-state index in [1.54, 1.807) is 42.5 Å². The van der Waals surface area contributed by atoms with Crippen molar-refractivity contribution >= 4 is 29.3 Å². The van der Waals surface area contributed by atoms with Crippen molar-refractivity contribution in [3.05, 3.63) is 102 Å². The summed E-state index contributed by atoms with van der Waals surface area (Å²) in [4.78, 5) is 52.8. The summed E-state index contributed by atoms with van der Waals surface area (Å²) >= 11 is 0. The van der Waals surface area contributed by atoms with E-state index in [2.05, 4.69) is 12.1 Å². The Labute approximate surface area is 209 Å². The van der Waals surface area contributed by atoms with Crippen LogP contribution in [-0.4, -0.2) is 29.7 Å². The molecule has 1 saturated heterocycles. The largest absolute Gasteiger partial charge is 0.451 e. The molecule has 6 nitrogen and oxygen atoms in total. The average molecular weight is 482 g/mol. The van der Waals surface area contributed by atoms with Crippen LogP contribution in [0.5, 0.6) is 0 Å². The number of ether oxygens (including phenoxy) is 1. The highest BCUT2D eigenvalue weighted by molar-refractivity contribution is 6.22. The van der Waals surface area contributed by atoms with E-state index in [1.165, 1.54) is 29.5 Å². The number of anilines is 1. The lowest BCUT2D eigenvalue weighted by atomic mass is 9.73. The molecule has 0 unspecified atom stereocenters. The summed E-state index contributed by atoms with van der Waals surface area (Å²) in [6.45, 7) is 1.54. The third kappa shape index (κ3) is 4.47. The van der Waals surface area contributed by atoms with Crippen molar-refractivity contribution in [1.82, 2.24) is 0 Å². The molecule has 0 N–H and O–H groups in total. The van der Waals surface area contributed by atoms with Gasteiger partial charge < -0.3 is 4.74 Å². The maximum absolute atomic E-state index is 13.3. The number of rotatable bonds is 6. The molecule has 0 aromatic heterocycles. The van der Waals surface area contributed by atoms with Crippen molar-refractivity contribution in [1.29, 1.82) is 0 Å². The fourth-order valence-corrected chi connectivity index (χ4v) is 5.33. The van der Waals surface area contributed by atoms with Crippen LogP contribution in [0.25, 0.3) is 0 Å². The third-order valence-corrected chi connectivity index (χ3v) is 7.27. The van der Waals surface area contributed by atoms with E-state index in [0.717, 1.165) is 6.42 Å². The van der Waals surface area contributed by atoms with Crippen molar-refractivity contribution in [2.75, 3.05) is 4.90 Å². The fourth-order valence-electron chi connectivity index (χ4n) is 5.33. The maximum Gasteiger partial charge on any atom is 0.338 e. The number of hydrogen-bond acceptors (Lipinski definition) is 5. The molecule has 1 heterocycles. The van der Waals surface area contributed by atoms with Crippen molar-refractivity contribution in [2.45, 2.75) is 38.2 Å². The number of imide groups is 1. The van der Waals surface area contributed by atoms with Crippen LogP contribution in [0.15, 0.2) is 84.9 Å². The minimum atomic E-state index is -0.943. The smallest absolute Gasteiger partial charge is 0.338 e. The Hall–Kier alpha value is -4.06. The van der Waals surface area contributed by atoms with Crippen LogP contribution in [0.3, 0.4) is 0 Å². The van der Waals surface area contributed by atoms with Gasteiger partial charge in [-0.15, -0.1) is 0 Å². The van der Waals surface area contributed by atoms with Gasteiger partial charge in [0.25, 0.3) is 0 Å². The Morgan fingerprint density at radius 2 is 1.39 bits per heavy atom. The average Bonchev–Trinajstić information content (AvgIpc) is 3.18. The van der Waals surface area contributed by atoms with Crippen LogP contribution in [0, 0.1) is 11.8 Å². The minimum Gasteiger partial charge on any atom is -0.451 e. The lowest BCUT2D eigenvalue weighted by Crippen LogP contribution is -2.31. The van der Waals surface area contributed by atoms with Gasteiger partial charge in [0.05, 0.1) is 23.1 Å². The Kier molecular flexibility index (Phi) is 6.51. The summed E-state index contributed by atoms with van der Waals surface area (Å²) < 4.78 is 5.36. The number of ketones is 1. The zero-order valence-electron chi connectivity index (χ0n) is 20.0. The van der Waals surface area contributed by atoms with E-state index < -0.39 is 12.1 Å². The molecule has 0 radical (unpaired) electrons. The van der Waals surface area contributed by atoms with Gasteiger partial charge in [0.2, 0.25) is 17.6 Å². The van der Waals surface area contributed by atoms with Crippen molar-refractivity contribution in [3.8, 4) is 0 Å². The second kappa shape index (κ2) is 9.90. The normalized spacial score (nSPS) is 22.1. The van der Waals surface area contributed by atoms with E-state index in [1.807, 2.05) is 18.2 Å². The SMILES string of the molecule is C[C@H](OC(=O)c1ccc(N2C(=O)[C@H]3C[C@@H](c4ccccc4)CC[C@H]3C2=O)cc1)C(=O)c1ccccc1. The number of fused-ring (bicyclic) bond motifs is 1. The van der Waals surface area contributed by atoms with Gasteiger partial charge in [-0.2, -0.15) is 0 Å². The van der Waals surface area contributed by atoms with E-state index in [0.29, 0.717) is 24.1 Å². The first-order chi connectivity index (χ1) is 17.4. The quantitative estimate of drug-likeness (QED) is 0.275. The van der Waals surface area contributed by atoms with Gasteiger partial charge in [0.15, 0.2) is 6.10 Å². The maximum atomic E-state index is 13.3. The van der Waals surface area contributed by atoms with Crippen molar-refractivity contribution in [3.63, 3.8) is 0 Å². The van der Waals surface area contributed by atoms with E-state index in [-0.39, 0.29) is 40.9 Å². The molecule has 6 heteroatoms. The topological polar surface area (TPSA) is 80.8 Å². The minimum absolute atomic E-state index is 0.172. The van der Waals surface area contributed by atoms with Crippen LogP contribution in [0.2, 0.25) is 0 Å². The predicted molar refractivity (Wildman–Crippen MR) is 135 cm³/mol. The van der Waals surface area contributed by atoms with Crippen LogP contribution in [-0.2, 0) is 14.3 Å². The summed E-state index contributed by atoms with van der Waals surface area (Å²) in [5, 5.41) is 0. The number of benzene rings is 3. The highest BCUT2D eigenvalue weighted by Crippen LogP contribution is 2.45. The standard InChI is InChI=1S/C30H27NO5/c1-19(27(32)21-10-6-3-7-11-21)36-30(35)22-12-15-24(16-13-22)31-28(33)25-17-14-23(18-26(25)29(31)34)20-8-4-2-5-9-20/h2-13,15-16,19,23,25-26H,14,17-18H2,1H3/t19-,23-,25+,26-/m0/s1. The first-order valence-electron chi connectivity index (χ1n) is 12.3. The summed E-state index contributed by atoms with van der Waals surface area (Å²) in [5.41, 5.74) is 2.36. The molecule has 4 atom stereocenters. The number of carbonyl (C=O) groups is 4. The predicted octanol–water partition coefficient (Wildman–Crippen LogP) is 5.19. The molecule has 5 rings (SSSR count). The summed E-state index contributed by atoms with van der Waals surface area (Å²) in [7, 11) is 0. The number of nitrogens with zero attached hydrogens (tertiary/aromatic N) is 1. The Morgan fingerprint density at radius 3 is 2.06 bits per heavy atom. The zero-order chi connectivity index (χ0) is 25.2. The molecule has 2 aliphatic rings. The molecule has 1 aliphatic carbocycles. The Bertz CT molecular complexity index is 1290. The molecule has 182 valence electrons. The van der Waals surface area contributed by atoms with Gasteiger partial charge in [0, 0.05) is 5.56 Å². The first kappa shape index (κ1) is 23.7. The molecular weight excluding hydrogens is 454 g/mol. The highest BCUT2D eigenvalue weighted by atomic mass is 16.5. The zero-order valence-corrected chi connectivity index (χ0v) is 20.0. The molecule has 0 bridgehead atoms. The number of carbonyl (C=O) groups excluding carboxylic acids is 4. The third-order valence-electron chi connectivity index (χ3n) is 7.27. The fraction of sp³-hybridized carbons (Fsp3) is 0.267. The van der Waals surface area contributed by atoms with Crippen LogP contribution >= 0.6 is 0 Å². The number of amides is 2. The molecular formula is C30H27NO5. The van der Waals surface area contributed by atoms with Gasteiger partial charge in [-0.1, -0.05) is 60.7 Å². The Morgan fingerprint density at radius 1 is 0.778 bits per heavy atom. The molecule has 2 fully saturated rings. The lowest BCUT2D eigenvalue weighted by molar-refractivity contribution is -0.122. The second-order valence-electron chi connectivity index (χ2n) is 9.47. The Balaban J connectivity index is 1.26. The molecule has 0 spiro atoms.